The van der Waals surface area contributed by atoms with Crippen molar-refractivity contribution in [3.05, 3.63) is 68.1 Å². The first kappa shape index (κ1) is 13.3. The molecule has 0 fully saturated rings. The third-order valence-electron chi connectivity index (χ3n) is 2.87. The summed E-state index contributed by atoms with van der Waals surface area (Å²) in [5, 5.41) is 0.621. The predicted octanol–water partition coefficient (Wildman–Crippen LogP) is 4.95. The molecule has 0 unspecified atom stereocenters. The Labute approximate surface area is 120 Å². The summed E-state index contributed by atoms with van der Waals surface area (Å²) in [6.45, 7) is 3.84. The van der Waals surface area contributed by atoms with Crippen molar-refractivity contribution < 1.29 is 4.79 Å². The lowest BCUT2D eigenvalue weighted by molar-refractivity contribution is 0.103. The number of halogens is 2. The molecule has 0 N–H and O–H groups in total. The van der Waals surface area contributed by atoms with Gasteiger partial charge in [-0.3, -0.25) is 4.79 Å². The number of aryl methyl sites for hydroxylation is 2. The van der Waals surface area contributed by atoms with Crippen LogP contribution in [0.15, 0.2) is 40.9 Å². The van der Waals surface area contributed by atoms with Crippen LogP contribution in [-0.4, -0.2) is 5.78 Å². The molecule has 92 valence electrons. The van der Waals surface area contributed by atoms with E-state index in [0.29, 0.717) is 16.1 Å². The second-order valence-corrected chi connectivity index (χ2v) is 5.58. The quantitative estimate of drug-likeness (QED) is 0.715. The Bertz CT molecular complexity index is 620. The molecule has 0 aliphatic rings. The molecule has 2 aromatic carbocycles. The molecule has 0 spiro atoms. The summed E-state index contributed by atoms with van der Waals surface area (Å²) in [7, 11) is 0. The van der Waals surface area contributed by atoms with Gasteiger partial charge in [0, 0.05) is 20.6 Å². The van der Waals surface area contributed by atoms with Gasteiger partial charge in [-0.25, -0.2) is 0 Å². The van der Waals surface area contributed by atoms with E-state index in [2.05, 4.69) is 15.9 Å². The van der Waals surface area contributed by atoms with Gasteiger partial charge in [-0.15, -0.1) is 0 Å². The minimum atomic E-state index is 0.00176. The number of carbonyl (C=O) groups is 1. The largest absolute Gasteiger partial charge is 0.289 e. The first-order valence-electron chi connectivity index (χ1n) is 5.56. The highest BCUT2D eigenvalue weighted by Crippen LogP contribution is 2.22. The summed E-state index contributed by atoms with van der Waals surface area (Å²) < 4.78 is 0.971. The van der Waals surface area contributed by atoms with Crippen molar-refractivity contribution in [2.24, 2.45) is 0 Å². The highest BCUT2D eigenvalue weighted by atomic mass is 79.9. The summed E-state index contributed by atoms with van der Waals surface area (Å²) in [4.78, 5) is 12.4. The standard InChI is InChI=1S/C15H12BrClO/c1-9-3-4-11(8-14(9)17)15(18)13-6-5-12(16)7-10(13)2/h3-8H,1-2H3. The predicted molar refractivity (Wildman–Crippen MR) is 78.5 cm³/mol. The Kier molecular flexibility index (Phi) is 3.88. The molecule has 0 aliphatic carbocycles. The first-order valence-corrected chi connectivity index (χ1v) is 6.73. The SMILES string of the molecule is Cc1ccc(C(=O)c2ccc(Br)cc2C)cc1Cl. The molecule has 0 amide bonds. The van der Waals surface area contributed by atoms with Gasteiger partial charge in [-0.05, 0) is 49.2 Å². The number of carbonyl (C=O) groups excluding carboxylic acids is 1. The zero-order valence-corrected chi connectivity index (χ0v) is 12.5. The van der Waals surface area contributed by atoms with Crippen molar-refractivity contribution in [2.45, 2.75) is 13.8 Å². The van der Waals surface area contributed by atoms with E-state index >= 15 is 0 Å². The third-order valence-corrected chi connectivity index (χ3v) is 3.77. The molecule has 2 rings (SSSR count). The summed E-state index contributed by atoms with van der Waals surface area (Å²) in [6, 6.07) is 11.0. The fourth-order valence-electron chi connectivity index (χ4n) is 1.77. The zero-order chi connectivity index (χ0) is 13.3. The van der Waals surface area contributed by atoms with Crippen LogP contribution in [0.2, 0.25) is 5.02 Å². The molecule has 0 radical (unpaired) electrons. The van der Waals surface area contributed by atoms with E-state index < -0.39 is 0 Å². The Morgan fingerprint density at radius 2 is 1.78 bits per heavy atom. The molecule has 3 heteroatoms. The fourth-order valence-corrected chi connectivity index (χ4v) is 2.43. The molecule has 1 nitrogen and oxygen atoms in total. The zero-order valence-electron chi connectivity index (χ0n) is 10.1. The van der Waals surface area contributed by atoms with Gasteiger partial charge >= 0.3 is 0 Å². The van der Waals surface area contributed by atoms with Crippen LogP contribution in [0.3, 0.4) is 0 Å². The van der Waals surface area contributed by atoms with Gasteiger partial charge in [-0.1, -0.05) is 39.7 Å². The lowest BCUT2D eigenvalue weighted by Gasteiger charge is -2.07. The van der Waals surface area contributed by atoms with Crippen LogP contribution in [0.5, 0.6) is 0 Å². The maximum atomic E-state index is 12.4. The van der Waals surface area contributed by atoms with E-state index in [9.17, 15) is 4.79 Å². The summed E-state index contributed by atoms with van der Waals surface area (Å²) in [6.07, 6.45) is 0. The molecule has 0 heterocycles. The Morgan fingerprint density at radius 3 is 2.39 bits per heavy atom. The topological polar surface area (TPSA) is 17.1 Å². The number of benzene rings is 2. The van der Waals surface area contributed by atoms with Crippen LogP contribution in [0.1, 0.15) is 27.0 Å². The van der Waals surface area contributed by atoms with Gasteiger partial charge in [-0.2, -0.15) is 0 Å². The molecule has 0 bridgehead atoms. The van der Waals surface area contributed by atoms with Crippen molar-refractivity contribution in [3.8, 4) is 0 Å². The van der Waals surface area contributed by atoms with E-state index in [0.717, 1.165) is 15.6 Å². The van der Waals surface area contributed by atoms with Crippen LogP contribution in [0.25, 0.3) is 0 Å². The molecule has 0 aliphatic heterocycles. The minimum Gasteiger partial charge on any atom is -0.289 e. The molecule has 18 heavy (non-hydrogen) atoms. The van der Waals surface area contributed by atoms with E-state index in [4.69, 9.17) is 11.6 Å². The van der Waals surface area contributed by atoms with Crippen LogP contribution in [0.4, 0.5) is 0 Å². The van der Waals surface area contributed by atoms with Crippen LogP contribution in [0, 0.1) is 13.8 Å². The molecular weight excluding hydrogens is 312 g/mol. The van der Waals surface area contributed by atoms with Gasteiger partial charge in [0.15, 0.2) is 5.78 Å². The first-order chi connectivity index (χ1) is 8.49. The Morgan fingerprint density at radius 1 is 1.06 bits per heavy atom. The summed E-state index contributed by atoms with van der Waals surface area (Å²) >= 11 is 9.44. The highest BCUT2D eigenvalue weighted by Gasteiger charge is 2.12. The molecule has 2 aromatic rings. The van der Waals surface area contributed by atoms with E-state index in [-0.39, 0.29) is 5.78 Å². The number of hydrogen-bond acceptors (Lipinski definition) is 1. The van der Waals surface area contributed by atoms with Crippen LogP contribution < -0.4 is 0 Å². The highest BCUT2D eigenvalue weighted by molar-refractivity contribution is 9.10. The van der Waals surface area contributed by atoms with E-state index in [1.54, 1.807) is 6.07 Å². The maximum absolute atomic E-state index is 12.4. The molecule has 0 saturated heterocycles. The fraction of sp³-hybridized carbons (Fsp3) is 0.133. The minimum absolute atomic E-state index is 0.00176. The lowest BCUT2D eigenvalue weighted by atomic mass is 9.98. The van der Waals surface area contributed by atoms with Crippen molar-refractivity contribution in [3.63, 3.8) is 0 Å². The average molecular weight is 324 g/mol. The van der Waals surface area contributed by atoms with Crippen molar-refractivity contribution in [2.75, 3.05) is 0 Å². The maximum Gasteiger partial charge on any atom is 0.193 e. The molecule has 0 atom stereocenters. The second kappa shape index (κ2) is 5.25. The number of rotatable bonds is 2. The number of hydrogen-bond donors (Lipinski definition) is 0. The summed E-state index contributed by atoms with van der Waals surface area (Å²) in [5.74, 6) is 0.00176. The smallest absolute Gasteiger partial charge is 0.193 e. The average Bonchev–Trinajstić information content (AvgIpc) is 2.32. The lowest BCUT2D eigenvalue weighted by Crippen LogP contribution is -2.03. The monoisotopic (exact) mass is 322 g/mol. The molecule has 0 aromatic heterocycles. The third kappa shape index (κ3) is 2.65. The second-order valence-electron chi connectivity index (χ2n) is 4.25. The van der Waals surface area contributed by atoms with Gasteiger partial charge in [0.2, 0.25) is 0 Å². The number of ketones is 1. The van der Waals surface area contributed by atoms with E-state index in [1.807, 2.05) is 44.2 Å². The van der Waals surface area contributed by atoms with Gasteiger partial charge in [0.05, 0.1) is 0 Å². The normalized spacial score (nSPS) is 10.4. The summed E-state index contributed by atoms with van der Waals surface area (Å²) in [5.41, 5.74) is 3.25. The molecular formula is C15H12BrClO. The van der Waals surface area contributed by atoms with Gasteiger partial charge in [0.25, 0.3) is 0 Å². The Hall–Kier alpha value is -1.12. The van der Waals surface area contributed by atoms with Crippen LogP contribution >= 0.6 is 27.5 Å². The van der Waals surface area contributed by atoms with Crippen LogP contribution in [-0.2, 0) is 0 Å². The van der Waals surface area contributed by atoms with Gasteiger partial charge in [0.1, 0.15) is 0 Å². The van der Waals surface area contributed by atoms with Crippen molar-refractivity contribution in [1.82, 2.24) is 0 Å². The van der Waals surface area contributed by atoms with Gasteiger partial charge < -0.3 is 0 Å². The van der Waals surface area contributed by atoms with E-state index in [1.165, 1.54) is 0 Å². The van der Waals surface area contributed by atoms with Crippen molar-refractivity contribution >= 4 is 33.3 Å². The Balaban J connectivity index is 2.44. The van der Waals surface area contributed by atoms with Crippen molar-refractivity contribution in [1.29, 1.82) is 0 Å². The molecule has 0 saturated carbocycles.